The van der Waals surface area contributed by atoms with Gasteiger partial charge in [-0.05, 0) is 34.8 Å². The van der Waals surface area contributed by atoms with Gasteiger partial charge < -0.3 is 0 Å². The van der Waals surface area contributed by atoms with Gasteiger partial charge in [0.2, 0.25) is 0 Å². The molecule has 0 unspecified atom stereocenters. The molecule has 0 aromatic carbocycles. The maximum Gasteiger partial charge on any atom is 0.351 e. The normalized spacial score (nSPS) is 15.0. The molecule has 0 aliphatic heterocycles. The van der Waals surface area contributed by atoms with Crippen molar-refractivity contribution in [1.82, 2.24) is 14.3 Å². The molecule has 84 valence electrons. The van der Waals surface area contributed by atoms with E-state index < -0.39 is 11.2 Å². The van der Waals surface area contributed by atoms with Crippen LogP contribution in [-0.4, -0.2) is 14.3 Å². The third kappa shape index (κ3) is 1.80. The number of hydrogen-bond acceptors (Lipinski definition) is 3. The van der Waals surface area contributed by atoms with Crippen LogP contribution in [0.5, 0.6) is 0 Å². The zero-order valence-electron chi connectivity index (χ0n) is 8.68. The number of rotatable bonds is 1. The van der Waals surface area contributed by atoms with Gasteiger partial charge in [0.25, 0.3) is 5.56 Å². The van der Waals surface area contributed by atoms with Gasteiger partial charge in [-0.2, -0.15) is 9.78 Å². The van der Waals surface area contributed by atoms with Gasteiger partial charge in [-0.1, -0.05) is 12.2 Å². The summed E-state index contributed by atoms with van der Waals surface area (Å²) in [5, 5.41) is 3.92. The summed E-state index contributed by atoms with van der Waals surface area (Å²) in [5.74, 6) is 0. The SMILES string of the molecule is Cn1c(=O)c(Br)nn(C2=CCCC=C2)c1=O. The Morgan fingerprint density at radius 1 is 1.38 bits per heavy atom. The van der Waals surface area contributed by atoms with Crippen molar-refractivity contribution in [2.24, 2.45) is 7.05 Å². The largest absolute Gasteiger partial charge is 0.351 e. The fraction of sp³-hybridized carbons (Fsp3) is 0.300. The van der Waals surface area contributed by atoms with Gasteiger partial charge in [0.1, 0.15) is 0 Å². The highest BCUT2D eigenvalue weighted by Gasteiger charge is 2.10. The summed E-state index contributed by atoms with van der Waals surface area (Å²) in [4.78, 5) is 23.2. The van der Waals surface area contributed by atoms with Crippen molar-refractivity contribution in [3.8, 4) is 0 Å². The molecule has 0 spiro atoms. The molecule has 0 amide bonds. The standard InChI is InChI=1S/C10H10BrN3O2/c1-13-9(15)8(11)12-14(10(13)16)7-5-3-2-4-6-7/h3,5-6H,2,4H2,1H3. The first-order valence-corrected chi connectivity index (χ1v) is 5.63. The molecule has 5 nitrogen and oxygen atoms in total. The molecule has 16 heavy (non-hydrogen) atoms. The van der Waals surface area contributed by atoms with E-state index in [4.69, 9.17) is 0 Å². The van der Waals surface area contributed by atoms with Crippen molar-refractivity contribution in [1.29, 1.82) is 0 Å². The molecule has 0 bridgehead atoms. The van der Waals surface area contributed by atoms with Crippen LogP contribution in [0.2, 0.25) is 0 Å². The van der Waals surface area contributed by atoms with E-state index in [0.29, 0.717) is 5.70 Å². The molecule has 2 rings (SSSR count). The molecule has 1 aliphatic rings. The van der Waals surface area contributed by atoms with Gasteiger partial charge in [0.05, 0.1) is 5.70 Å². The van der Waals surface area contributed by atoms with Crippen LogP contribution in [0.15, 0.2) is 32.4 Å². The molecular formula is C10H10BrN3O2. The zero-order valence-corrected chi connectivity index (χ0v) is 10.3. The maximum absolute atomic E-state index is 11.8. The summed E-state index contributed by atoms with van der Waals surface area (Å²) in [6, 6.07) is 0. The second kappa shape index (κ2) is 4.21. The van der Waals surface area contributed by atoms with Crippen LogP contribution in [0.1, 0.15) is 12.8 Å². The predicted molar refractivity (Wildman–Crippen MR) is 64.1 cm³/mol. The first kappa shape index (κ1) is 11.1. The Labute approximate surface area is 99.8 Å². The van der Waals surface area contributed by atoms with Crippen LogP contribution < -0.4 is 11.2 Å². The summed E-state index contributed by atoms with van der Waals surface area (Å²) in [6.07, 6.45) is 7.56. The molecule has 1 heterocycles. The minimum Gasteiger partial charge on any atom is -0.266 e. The topological polar surface area (TPSA) is 56.9 Å². The maximum atomic E-state index is 11.8. The minimum atomic E-state index is -0.439. The molecule has 0 atom stereocenters. The lowest BCUT2D eigenvalue weighted by Crippen LogP contribution is -2.39. The smallest absolute Gasteiger partial charge is 0.266 e. The van der Waals surface area contributed by atoms with Gasteiger partial charge in [0, 0.05) is 7.05 Å². The Balaban J connectivity index is 2.67. The van der Waals surface area contributed by atoms with Crippen molar-refractivity contribution < 1.29 is 0 Å². The van der Waals surface area contributed by atoms with Crippen LogP contribution >= 0.6 is 15.9 Å². The van der Waals surface area contributed by atoms with E-state index in [-0.39, 0.29) is 4.60 Å². The monoisotopic (exact) mass is 283 g/mol. The van der Waals surface area contributed by atoms with Gasteiger partial charge in [-0.3, -0.25) is 9.36 Å². The molecule has 0 N–H and O–H groups in total. The van der Waals surface area contributed by atoms with Crippen LogP contribution in [0.4, 0.5) is 0 Å². The van der Waals surface area contributed by atoms with Crippen LogP contribution in [-0.2, 0) is 7.05 Å². The van der Waals surface area contributed by atoms with Crippen molar-refractivity contribution in [2.45, 2.75) is 12.8 Å². The van der Waals surface area contributed by atoms with Gasteiger partial charge in [-0.15, -0.1) is 0 Å². The summed E-state index contributed by atoms with van der Waals surface area (Å²) in [6.45, 7) is 0. The number of halogens is 1. The molecule has 0 radical (unpaired) electrons. The Kier molecular flexibility index (Phi) is 2.91. The predicted octanol–water partition coefficient (Wildman–Crippen LogP) is 0.895. The summed E-state index contributed by atoms with van der Waals surface area (Å²) >= 11 is 3.04. The molecular weight excluding hydrogens is 274 g/mol. The minimum absolute atomic E-state index is 0.134. The summed E-state index contributed by atoms with van der Waals surface area (Å²) in [7, 11) is 1.43. The van der Waals surface area contributed by atoms with Gasteiger partial charge in [-0.25, -0.2) is 4.79 Å². The summed E-state index contributed by atoms with van der Waals surface area (Å²) in [5.41, 5.74) is -0.166. The van der Waals surface area contributed by atoms with Crippen LogP contribution in [0, 0.1) is 0 Å². The lowest BCUT2D eigenvalue weighted by molar-refractivity contribution is 0.652. The Morgan fingerprint density at radius 3 is 2.75 bits per heavy atom. The lowest BCUT2D eigenvalue weighted by atomic mass is 10.1. The molecule has 0 saturated heterocycles. The van der Waals surface area contributed by atoms with E-state index in [1.54, 1.807) is 0 Å². The average Bonchev–Trinajstić information content (AvgIpc) is 2.32. The van der Waals surface area contributed by atoms with Crippen LogP contribution in [0.3, 0.4) is 0 Å². The Bertz CT molecular complexity index is 595. The zero-order chi connectivity index (χ0) is 11.7. The number of nitrogens with zero attached hydrogens (tertiary/aromatic N) is 3. The first-order chi connectivity index (χ1) is 7.61. The molecule has 0 saturated carbocycles. The van der Waals surface area contributed by atoms with Crippen molar-refractivity contribution in [2.75, 3.05) is 0 Å². The Morgan fingerprint density at radius 2 is 2.12 bits per heavy atom. The van der Waals surface area contributed by atoms with Crippen molar-refractivity contribution in [3.63, 3.8) is 0 Å². The Hall–Kier alpha value is -1.43. The third-order valence-corrected chi connectivity index (χ3v) is 2.85. The molecule has 0 fully saturated rings. The molecule has 1 aromatic heterocycles. The van der Waals surface area contributed by atoms with E-state index in [2.05, 4.69) is 21.0 Å². The first-order valence-electron chi connectivity index (χ1n) is 4.84. The number of hydrogen-bond donors (Lipinski definition) is 0. The van der Waals surface area contributed by atoms with E-state index >= 15 is 0 Å². The third-order valence-electron chi connectivity index (χ3n) is 2.36. The van der Waals surface area contributed by atoms with E-state index in [1.807, 2.05) is 18.2 Å². The van der Waals surface area contributed by atoms with Gasteiger partial charge in [0.15, 0.2) is 4.60 Å². The number of allylic oxidation sites excluding steroid dienone is 4. The lowest BCUT2D eigenvalue weighted by Gasteiger charge is -2.09. The van der Waals surface area contributed by atoms with Crippen molar-refractivity contribution in [3.05, 3.63) is 43.7 Å². The fourth-order valence-electron chi connectivity index (χ4n) is 1.47. The van der Waals surface area contributed by atoms with Gasteiger partial charge >= 0.3 is 5.69 Å². The highest BCUT2D eigenvalue weighted by molar-refractivity contribution is 9.10. The average molecular weight is 284 g/mol. The van der Waals surface area contributed by atoms with Crippen molar-refractivity contribution >= 4 is 21.6 Å². The van der Waals surface area contributed by atoms with E-state index in [9.17, 15) is 9.59 Å². The van der Waals surface area contributed by atoms with E-state index in [1.165, 1.54) is 11.7 Å². The quantitative estimate of drug-likeness (QED) is 0.769. The highest BCUT2D eigenvalue weighted by atomic mass is 79.9. The number of aromatic nitrogens is 3. The second-order valence-corrected chi connectivity index (χ2v) is 4.21. The summed E-state index contributed by atoms with van der Waals surface area (Å²) < 4.78 is 2.39. The molecule has 1 aromatic rings. The molecule has 1 aliphatic carbocycles. The molecule has 6 heteroatoms. The van der Waals surface area contributed by atoms with E-state index in [0.717, 1.165) is 17.4 Å². The van der Waals surface area contributed by atoms with Crippen LogP contribution in [0.25, 0.3) is 5.70 Å². The highest BCUT2D eigenvalue weighted by Crippen LogP contribution is 2.12. The second-order valence-electron chi connectivity index (χ2n) is 3.46. The fourth-order valence-corrected chi connectivity index (χ4v) is 1.89.